The Bertz CT molecular complexity index is 1160. The third-order valence-electron chi connectivity index (χ3n) is 4.76. The second-order valence-corrected chi connectivity index (χ2v) is 9.53. The molecule has 0 radical (unpaired) electrons. The van der Waals surface area contributed by atoms with Crippen molar-refractivity contribution in [3.8, 4) is 0 Å². The molecule has 0 saturated carbocycles. The summed E-state index contributed by atoms with van der Waals surface area (Å²) in [6, 6.07) is 11.4. The standard InChI is InChI=1S/C20H19Cl2N3O5S/c1-14-2-5-17(6-3-14)31(26,27)29-10-16-9-28-20(30-16,11-25-13-23-12-24-25)18-7-4-15(21)8-19(18)22/h2-8,12-13,16H,9-11H2,1H3. The van der Waals surface area contributed by atoms with E-state index in [9.17, 15) is 8.42 Å². The molecule has 1 aliphatic heterocycles. The van der Waals surface area contributed by atoms with Gasteiger partial charge in [0, 0.05) is 10.6 Å². The zero-order valence-electron chi connectivity index (χ0n) is 16.4. The Morgan fingerprint density at radius 3 is 2.68 bits per heavy atom. The lowest BCUT2D eigenvalue weighted by Crippen LogP contribution is -2.35. The van der Waals surface area contributed by atoms with Crippen molar-refractivity contribution < 1.29 is 22.1 Å². The first-order valence-electron chi connectivity index (χ1n) is 9.33. The molecule has 11 heteroatoms. The number of halogens is 2. The predicted octanol–water partition coefficient (Wildman–Crippen LogP) is 3.57. The molecule has 0 N–H and O–H groups in total. The lowest BCUT2D eigenvalue weighted by molar-refractivity contribution is -0.190. The van der Waals surface area contributed by atoms with Gasteiger partial charge in [0.25, 0.3) is 10.1 Å². The Morgan fingerprint density at radius 2 is 2.00 bits per heavy atom. The van der Waals surface area contributed by atoms with Gasteiger partial charge in [0.1, 0.15) is 25.3 Å². The van der Waals surface area contributed by atoms with Gasteiger partial charge in [-0.05, 0) is 31.2 Å². The molecule has 0 aliphatic carbocycles. The minimum Gasteiger partial charge on any atom is -0.342 e. The molecule has 2 aromatic carbocycles. The van der Waals surface area contributed by atoms with Gasteiger partial charge in [-0.2, -0.15) is 13.5 Å². The number of ether oxygens (including phenoxy) is 2. The molecule has 1 saturated heterocycles. The van der Waals surface area contributed by atoms with E-state index in [-0.39, 0.29) is 24.7 Å². The fourth-order valence-corrected chi connectivity index (χ4v) is 4.71. The van der Waals surface area contributed by atoms with Crippen LogP contribution in [0.1, 0.15) is 11.1 Å². The number of hydrogen-bond acceptors (Lipinski definition) is 7. The van der Waals surface area contributed by atoms with Crippen molar-refractivity contribution in [2.45, 2.75) is 30.3 Å². The summed E-state index contributed by atoms with van der Waals surface area (Å²) in [4.78, 5) is 4.01. The molecule has 0 amide bonds. The van der Waals surface area contributed by atoms with Gasteiger partial charge in [-0.25, -0.2) is 9.67 Å². The van der Waals surface area contributed by atoms with Crippen LogP contribution >= 0.6 is 23.2 Å². The van der Waals surface area contributed by atoms with Crippen molar-refractivity contribution in [1.82, 2.24) is 14.8 Å². The maximum absolute atomic E-state index is 12.5. The summed E-state index contributed by atoms with van der Waals surface area (Å²) < 4.78 is 43.9. The third kappa shape index (κ3) is 4.92. The number of nitrogens with zero attached hydrogens (tertiary/aromatic N) is 3. The topological polar surface area (TPSA) is 92.5 Å². The molecule has 4 rings (SSSR count). The van der Waals surface area contributed by atoms with E-state index in [0.29, 0.717) is 15.6 Å². The van der Waals surface area contributed by atoms with Crippen molar-refractivity contribution in [2.75, 3.05) is 13.2 Å². The quantitative estimate of drug-likeness (QED) is 0.474. The summed E-state index contributed by atoms with van der Waals surface area (Å²) in [6.07, 6.45) is 2.25. The highest BCUT2D eigenvalue weighted by Gasteiger charge is 2.46. The second kappa shape index (κ2) is 8.85. The van der Waals surface area contributed by atoms with E-state index in [0.717, 1.165) is 5.56 Å². The van der Waals surface area contributed by atoms with Crippen LogP contribution in [0.4, 0.5) is 0 Å². The summed E-state index contributed by atoms with van der Waals surface area (Å²) in [6.45, 7) is 1.89. The largest absolute Gasteiger partial charge is 0.342 e. The minimum absolute atomic E-state index is 0.0756. The summed E-state index contributed by atoms with van der Waals surface area (Å²) >= 11 is 12.4. The highest BCUT2D eigenvalue weighted by Crippen LogP contribution is 2.40. The molecule has 3 aromatic rings. The summed E-state index contributed by atoms with van der Waals surface area (Å²) in [5.41, 5.74) is 1.49. The molecular weight excluding hydrogens is 465 g/mol. The van der Waals surface area contributed by atoms with E-state index in [1.165, 1.54) is 29.5 Å². The predicted molar refractivity (Wildman–Crippen MR) is 113 cm³/mol. The fraction of sp³-hybridized carbons (Fsp3) is 0.300. The van der Waals surface area contributed by atoms with Crippen molar-refractivity contribution >= 4 is 33.3 Å². The summed E-state index contributed by atoms with van der Waals surface area (Å²) in [5, 5.41) is 4.92. The first-order valence-corrected chi connectivity index (χ1v) is 11.5. The van der Waals surface area contributed by atoms with E-state index in [1.54, 1.807) is 30.3 Å². The van der Waals surface area contributed by atoms with Crippen LogP contribution in [-0.4, -0.2) is 42.5 Å². The van der Waals surface area contributed by atoms with Crippen LogP contribution < -0.4 is 0 Å². The van der Waals surface area contributed by atoms with Gasteiger partial charge in [-0.1, -0.05) is 47.0 Å². The smallest absolute Gasteiger partial charge is 0.297 e. The zero-order valence-corrected chi connectivity index (χ0v) is 18.8. The number of benzene rings is 2. The molecule has 0 bridgehead atoms. The molecule has 1 aliphatic rings. The number of aryl methyl sites for hydroxylation is 1. The normalized spacial score (nSPS) is 21.5. The maximum atomic E-state index is 12.5. The van der Waals surface area contributed by atoms with Gasteiger partial charge < -0.3 is 9.47 Å². The first-order chi connectivity index (χ1) is 14.8. The molecule has 2 atom stereocenters. The Labute approximate surface area is 189 Å². The number of rotatable bonds is 7. The number of hydrogen-bond donors (Lipinski definition) is 0. The Morgan fingerprint density at radius 1 is 1.23 bits per heavy atom. The molecule has 2 unspecified atom stereocenters. The van der Waals surface area contributed by atoms with Gasteiger partial charge in [0.05, 0.1) is 23.1 Å². The zero-order chi connectivity index (χ0) is 22.1. The van der Waals surface area contributed by atoms with E-state index in [1.807, 2.05) is 6.92 Å². The van der Waals surface area contributed by atoms with Crippen molar-refractivity contribution in [3.05, 3.63) is 76.3 Å². The van der Waals surface area contributed by atoms with Crippen LogP contribution in [0.5, 0.6) is 0 Å². The van der Waals surface area contributed by atoms with Crippen LogP contribution in [0.3, 0.4) is 0 Å². The summed E-state index contributed by atoms with van der Waals surface area (Å²) in [7, 11) is -3.94. The Hall–Kier alpha value is -2.01. The SMILES string of the molecule is Cc1ccc(S(=O)(=O)OCC2COC(Cn3cncn3)(c3ccc(Cl)cc3Cl)O2)cc1. The highest BCUT2D eigenvalue weighted by molar-refractivity contribution is 7.86. The maximum Gasteiger partial charge on any atom is 0.297 e. The van der Waals surface area contributed by atoms with Gasteiger partial charge in [0.15, 0.2) is 0 Å². The molecule has 2 heterocycles. The van der Waals surface area contributed by atoms with Crippen LogP contribution in [0.2, 0.25) is 10.0 Å². The highest BCUT2D eigenvalue weighted by atomic mass is 35.5. The van der Waals surface area contributed by atoms with Crippen LogP contribution in [0, 0.1) is 6.92 Å². The monoisotopic (exact) mass is 483 g/mol. The van der Waals surface area contributed by atoms with Crippen molar-refractivity contribution in [3.63, 3.8) is 0 Å². The molecule has 1 aromatic heterocycles. The van der Waals surface area contributed by atoms with Gasteiger partial charge >= 0.3 is 0 Å². The Balaban J connectivity index is 1.53. The van der Waals surface area contributed by atoms with E-state index in [4.69, 9.17) is 36.9 Å². The average Bonchev–Trinajstić information content (AvgIpc) is 3.38. The summed E-state index contributed by atoms with van der Waals surface area (Å²) in [5.74, 6) is -1.31. The molecule has 1 fully saturated rings. The molecule has 164 valence electrons. The van der Waals surface area contributed by atoms with Crippen molar-refractivity contribution in [1.29, 1.82) is 0 Å². The van der Waals surface area contributed by atoms with Crippen LogP contribution in [-0.2, 0) is 36.1 Å². The van der Waals surface area contributed by atoms with E-state index < -0.39 is 22.0 Å². The average molecular weight is 484 g/mol. The fourth-order valence-electron chi connectivity index (χ4n) is 3.22. The molecule has 8 nitrogen and oxygen atoms in total. The first kappa shape index (κ1) is 22.2. The van der Waals surface area contributed by atoms with E-state index in [2.05, 4.69) is 10.1 Å². The molecule has 0 spiro atoms. The van der Waals surface area contributed by atoms with Crippen LogP contribution in [0.15, 0.2) is 60.0 Å². The van der Waals surface area contributed by atoms with Gasteiger partial charge in [-0.15, -0.1) is 0 Å². The molecular formula is C20H19Cl2N3O5S. The van der Waals surface area contributed by atoms with Crippen molar-refractivity contribution in [2.24, 2.45) is 0 Å². The third-order valence-corrected chi connectivity index (χ3v) is 6.60. The van der Waals surface area contributed by atoms with E-state index >= 15 is 0 Å². The van der Waals surface area contributed by atoms with Gasteiger partial charge in [0.2, 0.25) is 5.79 Å². The number of aromatic nitrogens is 3. The lowest BCUT2D eigenvalue weighted by Gasteiger charge is -2.29. The van der Waals surface area contributed by atoms with Crippen LogP contribution in [0.25, 0.3) is 0 Å². The lowest BCUT2D eigenvalue weighted by atomic mass is 10.1. The Kier molecular flexibility index (Phi) is 6.34. The second-order valence-electron chi connectivity index (χ2n) is 7.07. The van der Waals surface area contributed by atoms with Gasteiger partial charge in [-0.3, -0.25) is 4.18 Å². The molecule has 31 heavy (non-hydrogen) atoms. The minimum atomic E-state index is -3.94.